The van der Waals surface area contributed by atoms with Crippen LogP contribution in [0.15, 0.2) is 30.7 Å². The lowest BCUT2D eigenvalue weighted by molar-refractivity contribution is 0.102. The van der Waals surface area contributed by atoms with E-state index in [0.29, 0.717) is 29.4 Å². The fourth-order valence-electron chi connectivity index (χ4n) is 1.72. The molecule has 0 aliphatic heterocycles. The molecule has 0 spiro atoms. The van der Waals surface area contributed by atoms with Gasteiger partial charge in [0, 0.05) is 6.07 Å². The van der Waals surface area contributed by atoms with Crippen molar-refractivity contribution < 1.29 is 14.3 Å². The van der Waals surface area contributed by atoms with E-state index >= 15 is 0 Å². The van der Waals surface area contributed by atoms with Crippen LogP contribution in [0.4, 0.5) is 11.5 Å². The van der Waals surface area contributed by atoms with Crippen LogP contribution >= 0.6 is 0 Å². The Bertz CT molecular complexity index is 646. The first-order chi connectivity index (χ1) is 10.2. The molecule has 0 radical (unpaired) electrons. The second-order valence-corrected chi connectivity index (χ2v) is 4.07. The predicted molar refractivity (Wildman–Crippen MR) is 78.6 cm³/mol. The second-order valence-electron chi connectivity index (χ2n) is 4.07. The Labute approximate surface area is 122 Å². The molecule has 2 rings (SSSR count). The van der Waals surface area contributed by atoms with Crippen LogP contribution in [0.5, 0.6) is 11.5 Å². The summed E-state index contributed by atoms with van der Waals surface area (Å²) in [6.45, 7) is 2.27. The molecule has 7 nitrogen and oxygen atoms in total. The Balaban J connectivity index is 2.28. The van der Waals surface area contributed by atoms with Gasteiger partial charge in [-0.15, -0.1) is 0 Å². The van der Waals surface area contributed by atoms with E-state index in [-0.39, 0.29) is 11.7 Å². The van der Waals surface area contributed by atoms with Crippen molar-refractivity contribution in [2.24, 2.45) is 0 Å². The molecule has 2 aromatic rings. The minimum atomic E-state index is -0.359. The number of nitrogen functional groups attached to an aromatic ring is 1. The van der Waals surface area contributed by atoms with Crippen LogP contribution in [0.3, 0.4) is 0 Å². The molecule has 0 aliphatic rings. The number of hydrogen-bond donors (Lipinski definition) is 2. The summed E-state index contributed by atoms with van der Waals surface area (Å²) < 4.78 is 10.6. The van der Waals surface area contributed by atoms with Gasteiger partial charge in [0.1, 0.15) is 23.5 Å². The normalized spacial score (nSPS) is 10.0. The standard InChI is InChI=1S/C14H16N4O3/c1-3-21-12-6-9(20-2)4-5-10(12)14(19)18-11-7-16-8-17-13(11)15/h4-8H,3H2,1-2H3,(H,18,19)(H2,15,16,17). The Morgan fingerprint density at radius 1 is 1.43 bits per heavy atom. The molecule has 110 valence electrons. The number of amides is 1. The number of anilines is 2. The van der Waals surface area contributed by atoms with Gasteiger partial charge in [0.15, 0.2) is 5.82 Å². The summed E-state index contributed by atoms with van der Waals surface area (Å²) in [5.74, 6) is 0.884. The van der Waals surface area contributed by atoms with Gasteiger partial charge in [-0.25, -0.2) is 9.97 Å². The molecule has 1 aromatic heterocycles. The van der Waals surface area contributed by atoms with Gasteiger partial charge >= 0.3 is 0 Å². The Morgan fingerprint density at radius 3 is 2.90 bits per heavy atom. The van der Waals surface area contributed by atoms with Gasteiger partial charge in [-0.1, -0.05) is 0 Å². The third-order valence-corrected chi connectivity index (χ3v) is 2.72. The number of aromatic nitrogens is 2. The highest BCUT2D eigenvalue weighted by molar-refractivity contribution is 6.07. The number of rotatable bonds is 5. The minimum absolute atomic E-state index is 0.199. The van der Waals surface area contributed by atoms with Crippen molar-refractivity contribution in [3.8, 4) is 11.5 Å². The van der Waals surface area contributed by atoms with E-state index in [4.69, 9.17) is 15.2 Å². The first-order valence-electron chi connectivity index (χ1n) is 6.33. The van der Waals surface area contributed by atoms with Gasteiger partial charge in [0.2, 0.25) is 0 Å². The molecule has 21 heavy (non-hydrogen) atoms. The lowest BCUT2D eigenvalue weighted by Crippen LogP contribution is -2.15. The number of nitrogens with one attached hydrogen (secondary N) is 1. The number of nitrogens with two attached hydrogens (primary N) is 1. The van der Waals surface area contributed by atoms with Crippen LogP contribution < -0.4 is 20.5 Å². The van der Waals surface area contributed by atoms with Gasteiger partial charge in [-0.3, -0.25) is 4.79 Å². The molecule has 0 unspecified atom stereocenters. The molecule has 3 N–H and O–H groups in total. The zero-order valence-corrected chi connectivity index (χ0v) is 11.8. The first-order valence-corrected chi connectivity index (χ1v) is 6.33. The molecule has 0 bridgehead atoms. The number of hydrogen-bond acceptors (Lipinski definition) is 6. The van der Waals surface area contributed by atoms with Crippen LogP contribution in [0.1, 0.15) is 17.3 Å². The van der Waals surface area contributed by atoms with Crippen molar-refractivity contribution in [3.63, 3.8) is 0 Å². The zero-order chi connectivity index (χ0) is 15.2. The average Bonchev–Trinajstić information content (AvgIpc) is 2.49. The molecular formula is C14H16N4O3. The summed E-state index contributed by atoms with van der Waals surface area (Å²) in [6, 6.07) is 4.96. The zero-order valence-electron chi connectivity index (χ0n) is 11.8. The Hall–Kier alpha value is -2.83. The molecule has 0 fully saturated rings. The number of carbonyl (C=O) groups excluding carboxylic acids is 1. The van der Waals surface area contributed by atoms with Gasteiger partial charge in [0.05, 0.1) is 25.5 Å². The third-order valence-electron chi connectivity index (χ3n) is 2.72. The topological polar surface area (TPSA) is 99.4 Å². The van der Waals surface area contributed by atoms with Crippen molar-refractivity contribution in [1.82, 2.24) is 9.97 Å². The maximum absolute atomic E-state index is 12.3. The highest BCUT2D eigenvalue weighted by Gasteiger charge is 2.15. The molecule has 0 atom stereocenters. The van der Waals surface area contributed by atoms with Crippen LogP contribution in [0.2, 0.25) is 0 Å². The molecule has 1 aromatic carbocycles. The SMILES string of the molecule is CCOc1cc(OC)ccc1C(=O)Nc1cncnc1N. The lowest BCUT2D eigenvalue weighted by Gasteiger charge is -2.12. The maximum atomic E-state index is 12.3. The molecule has 7 heteroatoms. The predicted octanol–water partition coefficient (Wildman–Crippen LogP) is 1.72. The monoisotopic (exact) mass is 288 g/mol. The number of carbonyl (C=O) groups is 1. The minimum Gasteiger partial charge on any atom is -0.497 e. The first kappa shape index (κ1) is 14.6. The van der Waals surface area contributed by atoms with Crippen molar-refractivity contribution in [3.05, 3.63) is 36.3 Å². The van der Waals surface area contributed by atoms with E-state index in [9.17, 15) is 4.79 Å². The van der Waals surface area contributed by atoms with Crippen molar-refractivity contribution >= 4 is 17.4 Å². The fourth-order valence-corrected chi connectivity index (χ4v) is 1.72. The molecule has 1 heterocycles. The fraction of sp³-hybridized carbons (Fsp3) is 0.214. The van der Waals surface area contributed by atoms with E-state index in [1.807, 2.05) is 6.92 Å². The van der Waals surface area contributed by atoms with Gasteiger partial charge in [-0.2, -0.15) is 0 Å². The van der Waals surface area contributed by atoms with E-state index in [1.54, 1.807) is 25.3 Å². The summed E-state index contributed by atoms with van der Waals surface area (Å²) >= 11 is 0. The molecule has 0 saturated carbocycles. The van der Waals surface area contributed by atoms with Gasteiger partial charge in [0.25, 0.3) is 5.91 Å². The Morgan fingerprint density at radius 2 is 2.24 bits per heavy atom. The molecular weight excluding hydrogens is 272 g/mol. The van der Waals surface area contributed by atoms with Gasteiger partial charge < -0.3 is 20.5 Å². The van der Waals surface area contributed by atoms with Gasteiger partial charge in [-0.05, 0) is 19.1 Å². The van der Waals surface area contributed by atoms with E-state index in [0.717, 1.165) is 0 Å². The Kier molecular flexibility index (Phi) is 4.55. The van der Waals surface area contributed by atoms with Crippen molar-refractivity contribution in [2.45, 2.75) is 6.92 Å². The largest absolute Gasteiger partial charge is 0.497 e. The summed E-state index contributed by atoms with van der Waals surface area (Å²) in [7, 11) is 1.55. The van der Waals surface area contributed by atoms with Crippen molar-refractivity contribution in [2.75, 3.05) is 24.8 Å². The number of nitrogens with zero attached hydrogens (tertiary/aromatic N) is 2. The second kappa shape index (κ2) is 6.56. The van der Waals surface area contributed by atoms with Crippen molar-refractivity contribution in [1.29, 1.82) is 0 Å². The highest BCUT2D eigenvalue weighted by Crippen LogP contribution is 2.26. The summed E-state index contributed by atoms with van der Waals surface area (Å²) in [6.07, 6.45) is 2.74. The van der Waals surface area contributed by atoms with E-state index in [1.165, 1.54) is 12.5 Å². The van der Waals surface area contributed by atoms with Crippen LogP contribution in [0.25, 0.3) is 0 Å². The summed E-state index contributed by atoms with van der Waals surface area (Å²) in [5.41, 5.74) is 6.40. The van der Waals surface area contributed by atoms with Crippen LogP contribution in [-0.4, -0.2) is 29.6 Å². The maximum Gasteiger partial charge on any atom is 0.259 e. The van der Waals surface area contributed by atoms with E-state index in [2.05, 4.69) is 15.3 Å². The molecule has 0 aliphatic carbocycles. The third kappa shape index (κ3) is 3.38. The molecule has 0 saturated heterocycles. The average molecular weight is 288 g/mol. The quantitative estimate of drug-likeness (QED) is 0.869. The smallest absolute Gasteiger partial charge is 0.259 e. The van der Waals surface area contributed by atoms with E-state index < -0.39 is 0 Å². The number of benzene rings is 1. The number of methoxy groups -OCH3 is 1. The highest BCUT2D eigenvalue weighted by atomic mass is 16.5. The lowest BCUT2D eigenvalue weighted by atomic mass is 10.1. The van der Waals surface area contributed by atoms with Crippen LogP contribution in [-0.2, 0) is 0 Å². The summed E-state index contributed by atoms with van der Waals surface area (Å²) in [5, 5.41) is 2.65. The number of ether oxygens (including phenoxy) is 2. The summed E-state index contributed by atoms with van der Waals surface area (Å²) in [4.78, 5) is 20.0. The molecule has 1 amide bonds. The van der Waals surface area contributed by atoms with Crippen LogP contribution in [0, 0.1) is 0 Å².